The smallest absolute Gasteiger partial charge is 0.194 e. The molecule has 0 radical (unpaired) electrons. The number of rotatable bonds is 3. The van der Waals surface area contributed by atoms with Crippen molar-refractivity contribution in [2.24, 2.45) is 0 Å². The lowest BCUT2D eigenvalue weighted by Crippen LogP contribution is -2.46. The highest BCUT2D eigenvalue weighted by Crippen LogP contribution is 2.36. The average molecular weight is 189 g/mol. The second-order valence-corrected chi connectivity index (χ2v) is 9.57. The first-order valence-electron chi connectivity index (χ1n) is 4.56. The molecule has 0 rings (SSSR count). The molecule has 74 valence electrons. The van der Waals surface area contributed by atoms with Gasteiger partial charge in [0.15, 0.2) is 8.32 Å². The van der Waals surface area contributed by atoms with E-state index >= 15 is 0 Å². The predicted molar refractivity (Wildman–Crippen MR) is 56.8 cm³/mol. The lowest BCUT2D eigenvalue weighted by atomic mass is 10.2. The van der Waals surface area contributed by atoms with Crippen LogP contribution in [0.25, 0.3) is 0 Å². The second-order valence-electron chi connectivity index (χ2n) is 4.81. The van der Waals surface area contributed by atoms with E-state index in [2.05, 4.69) is 46.1 Å². The van der Waals surface area contributed by atoms with Gasteiger partial charge < -0.3 is 4.43 Å². The summed E-state index contributed by atoms with van der Waals surface area (Å²) >= 11 is 0. The maximum atomic E-state index is 5.98. The summed E-state index contributed by atoms with van der Waals surface area (Å²) in [7, 11) is 0.377. The third kappa shape index (κ3) is 3.25. The molecule has 0 aliphatic carbocycles. The highest BCUT2D eigenvalue weighted by molar-refractivity contribution is 6.74. The highest BCUT2D eigenvalue weighted by atomic mass is 28.4. The summed E-state index contributed by atoms with van der Waals surface area (Å²) in [5.74, 6) is 0. The lowest BCUT2D eigenvalue weighted by Gasteiger charge is -2.38. The molecule has 0 saturated heterocycles. The van der Waals surface area contributed by atoms with Crippen molar-refractivity contribution >= 4 is 8.32 Å². The van der Waals surface area contributed by atoms with Crippen molar-refractivity contribution in [3.63, 3.8) is 0 Å². The summed E-state index contributed by atoms with van der Waals surface area (Å²) in [6.45, 7) is 13.3. The van der Waals surface area contributed by atoms with Gasteiger partial charge in [-0.2, -0.15) is 0 Å². The van der Waals surface area contributed by atoms with E-state index in [1.807, 2.05) is 7.05 Å². The molecule has 0 aliphatic heterocycles. The fourth-order valence-electron chi connectivity index (χ4n) is 0.678. The van der Waals surface area contributed by atoms with E-state index in [-0.39, 0.29) is 6.23 Å². The third-order valence-electron chi connectivity index (χ3n) is 2.68. The van der Waals surface area contributed by atoms with Crippen LogP contribution in [0.5, 0.6) is 0 Å². The van der Waals surface area contributed by atoms with Crippen molar-refractivity contribution in [3.05, 3.63) is 0 Å². The zero-order valence-electron chi connectivity index (χ0n) is 9.49. The fraction of sp³-hybridized carbons (Fsp3) is 1.00. The van der Waals surface area contributed by atoms with Gasteiger partial charge in [-0.05, 0) is 32.1 Å². The Morgan fingerprint density at radius 3 is 1.92 bits per heavy atom. The van der Waals surface area contributed by atoms with Gasteiger partial charge in [0.25, 0.3) is 0 Å². The molecule has 12 heavy (non-hydrogen) atoms. The molecule has 0 heterocycles. The van der Waals surface area contributed by atoms with Crippen molar-refractivity contribution in [1.82, 2.24) is 5.32 Å². The van der Waals surface area contributed by atoms with Crippen LogP contribution < -0.4 is 5.32 Å². The van der Waals surface area contributed by atoms with Gasteiger partial charge in [0.05, 0.1) is 6.23 Å². The Bertz CT molecular complexity index is 140. The Kier molecular flexibility index (Phi) is 3.94. The summed E-state index contributed by atoms with van der Waals surface area (Å²) < 4.78 is 5.98. The van der Waals surface area contributed by atoms with Crippen molar-refractivity contribution < 1.29 is 4.43 Å². The van der Waals surface area contributed by atoms with Crippen LogP contribution in [0.15, 0.2) is 0 Å². The molecular formula is C9H23NOSi. The molecule has 2 nitrogen and oxygen atoms in total. The van der Waals surface area contributed by atoms with Gasteiger partial charge in [0.1, 0.15) is 0 Å². The van der Waals surface area contributed by atoms with Crippen LogP contribution in [0.4, 0.5) is 0 Å². The molecular weight excluding hydrogens is 166 g/mol. The number of nitrogens with one attached hydrogen (secondary N) is 1. The molecule has 0 aromatic heterocycles. The molecule has 0 aromatic carbocycles. The first kappa shape index (κ1) is 12.1. The minimum absolute atomic E-state index is 0.172. The van der Waals surface area contributed by atoms with Gasteiger partial charge in [0, 0.05) is 0 Å². The molecule has 1 N–H and O–H groups in total. The van der Waals surface area contributed by atoms with Gasteiger partial charge >= 0.3 is 0 Å². The van der Waals surface area contributed by atoms with E-state index < -0.39 is 8.32 Å². The predicted octanol–water partition coefficient (Wildman–Crippen LogP) is 2.57. The summed E-state index contributed by atoms with van der Waals surface area (Å²) in [6, 6.07) is 0. The third-order valence-corrected chi connectivity index (χ3v) is 7.24. The summed E-state index contributed by atoms with van der Waals surface area (Å²) in [5.41, 5.74) is 0. The van der Waals surface area contributed by atoms with Gasteiger partial charge in [-0.3, -0.25) is 5.32 Å². The SMILES string of the molecule is CNC(C)O[Si](C)(C)C(C)(C)C. The average Bonchev–Trinajstić information content (AvgIpc) is 1.84. The van der Waals surface area contributed by atoms with E-state index in [9.17, 15) is 0 Å². The summed E-state index contributed by atoms with van der Waals surface area (Å²) in [5, 5.41) is 3.41. The number of hydrogen-bond donors (Lipinski definition) is 1. The summed E-state index contributed by atoms with van der Waals surface area (Å²) in [6.07, 6.45) is 0.172. The van der Waals surface area contributed by atoms with Crippen molar-refractivity contribution in [3.8, 4) is 0 Å². The maximum absolute atomic E-state index is 5.98. The van der Waals surface area contributed by atoms with E-state index in [1.165, 1.54) is 0 Å². The Balaban J connectivity index is 4.22. The van der Waals surface area contributed by atoms with Crippen LogP contribution in [0.1, 0.15) is 27.7 Å². The van der Waals surface area contributed by atoms with Gasteiger partial charge in [-0.1, -0.05) is 20.8 Å². The van der Waals surface area contributed by atoms with Crippen LogP contribution >= 0.6 is 0 Å². The molecule has 1 atom stereocenters. The quantitative estimate of drug-likeness (QED) is 0.544. The van der Waals surface area contributed by atoms with Crippen LogP contribution in [0, 0.1) is 0 Å². The normalized spacial score (nSPS) is 16.2. The zero-order valence-corrected chi connectivity index (χ0v) is 10.5. The van der Waals surface area contributed by atoms with E-state index in [0.717, 1.165) is 0 Å². The first-order chi connectivity index (χ1) is 5.20. The Labute approximate surface area is 77.8 Å². The molecule has 0 spiro atoms. The standard InChI is InChI=1S/C9H23NOSi/c1-8(10-5)11-12(6,7)9(2,3)4/h8,10H,1-7H3. The zero-order chi connectivity index (χ0) is 9.99. The van der Waals surface area contributed by atoms with Gasteiger partial charge in [-0.15, -0.1) is 0 Å². The molecule has 0 saturated carbocycles. The molecule has 0 aromatic rings. The molecule has 0 bridgehead atoms. The van der Waals surface area contributed by atoms with Gasteiger partial charge in [0.2, 0.25) is 0 Å². The Morgan fingerprint density at radius 2 is 1.67 bits per heavy atom. The largest absolute Gasteiger partial charge is 0.402 e. The molecule has 0 fully saturated rings. The van der Waals surface area contributed by atoms with E-state index in [0.29, 0.717) is 5.04 Å². The second kappa shape index (κ2) is 3.90. The first-order valence-corrected chi connectivity index (χ1v) is 7.46. The highest BCUT2D eigenvalue weighted by Gasteiger charge is 2.38. The Hall–Kier alpha value is 0.137. The summed E-state index contributed by atoms with van der Waals surface area (Å²) in [4.78, 5) is 0. The van der Waals surface area contributed by atoms with Crippen molar-refractivity contribution in [2.75, 3.05) is 7.05 Å². The molecule has 0 amide bonds. The topological polar surface area (TPSA) is 21.3 Å². The molecule has 0 aliphatic rings. The van der Waals surface area contributed by atoms with Gasteiger partial charge in [-0.25, -0.2) is 0 Å². The van der Waals surface area contributed by atoms with Crippen LogP contribution in [0.3, 0.4) is 0 Å². The lowest BCUT2D eigenvalue weighted by molar-refractivity contribution is 0.173. The minimum Gasteiger partial charge on any atom is -0.402 e. The van der Waals surface area contributed by atoms with Crippen LogP contribution in [-0.2, 0) is 4.43 Å². The monoisotopic (exact) mass is 189 g/mol. The van der Waals surface area contributed by atoms with E-state index in [1.54, 1.807) is 0 Å². The Morgan fingerprint density at radius 1 is 1.25 bits per heavy atom. The van der Waals surface area contributed by atoms with Crippen LogP contribution in [0.2, 0.25) is 18.1 Å². The van der Waals surface area contributed by atoms with Crippen molar-refractivity contribution in [2.45, 2.75) is 52.1 Å². The minimum atomic E-state index is -1.55. The molecule has 1 unspecified atom stereocenters. The van der Waals surface area contributed by atoms with Crippen LogP contribution in [-0.4, -0.2) is 21.6 Å². The number of hydrogen-bond acceptors (Lipinski definition) is 2. The van der Waals surface area contributed by atoms with Crippen molar-refractivity contribution in [1.29, 1.82) is 0 Å². The molecule has 3 heteroatoms. The fourth-order valence-corrected chi connectivity index (χ4v) is 2.03. The maximum Gasteiger partial charge on any atom is 0.194 e. The van der Waals surface area contributed by atoms with E-state index in [4.69, 9.17) is 4.43 Å².